The van der Waals surface area contributed by atoms with E-state index in [1.165, 1.54) is 6.92 Å². The van der Waals surface area contributed by atoms with E-state index in [0.29, 0.717) is 19.5 Å². The second kappa shape index (κ2) is 6.39. The molecule has 0 radical (unpaired) electrons. The van der Waals surface area contributed by atoms with Gasteiger partial charge >= 0.3 is 0 Å². The van der Waals surface area contributed by atoms with Gasteiger partial charge < -0.3 is 16.0 Å². The van der Waals surface area contributed by atoms with Crippen LogP contribution >= 0.6 is 0 Å². The van der Waals surface area contributed by atoms with Gasteiger partial charge in [-0.05, 0) is 19.3 Å². The summed E-state index contributed by atoms with van der Waals surface area (Å²) in [5, 5.41) is 2.87. The van der Waals surface area contributed by atoms with Gasteiger partial charge in [-0.3, -0.25) is 9.59 Å². The van der Waals surface area contributed by atoms with Crippen molar-refractivity contribution in [3.8, 4) is 0 Å². The van der Waals surface area contributed by atoms with E-state index in [9.17, 15) is 9.59 Å². The van der Waals surface area contributed by atoms with Crippen molar-refractivity contribution in [2.75, 3.05) is 13.1 Å². The molecule has 1 aliphatic rings. The summed E-state index contributed by atoms with van der Waals surface area (Å²) < 4.78 is 0. The standard InChI is InChI=1S/C12H21N3O2/c1-3-4-11(13)12(17)15-7-5-10(6-8-15)14-9(2)16/h3,10-11H,1,4-8,13H2,2H3,(H,14,16). The number of hydrogen-bond acceptors (Lipinski definition) is 3. The predicted molar refractivity (Wildman–Crippen MR) is 66.2 cm³/mol. The number of rotatable bonds is 4. The number of nitrogens with two attached hydrogens (primary N) is 1. The van der Waals surface area contributed by atoms with E-state index >= 15 is 0 Å². The maximum Gasteiger partial charge on any atom is 0.239 e. The lowest BCUT2D eigenvalue weighted by Crippen LogP contribution is -2.50. The molecule has 0 aromatic carbocycles. The Kier molecular flexibility index (Phi) is 5.15. The number of carbonyl (C=O) groups excluding carboxylic acids is 2. The fraction of sp³-hybridized carbons (Fsp3) is 0.667. The van der Waals surface area contributed by atoms with Gasteiger partial charge in [0.2, 0.25) is 11.8 Å². The number of nitrogens with zero attached hydrogens (tertiary/aromatic N) is 1. The number of likely N-dealkylation sites (tertiary alicyclic amines) is 1. The number of piperidine rings is 1. The summed E-state index contributed by atoms with van der Waals surface area (Å²) >= 11 is 0. The maximum atomic E-state index is 11.9. The van der Waals surface area contributed by atoms with Gasteiger partial charge in [0.1, 0.15) is 0 Å². The first-order valence-electron chi connectivity index (χ1n) is 5.97. The molecule has 3 N–H and O–H groups in total. The summed E-state index contributed by atoms with van der Waals surface area (Å²) in [6.07, 6.45) is 3.76. The Morgan fingerprint density at radius 1 is 1.53 bits per heavy atom. The third kappa shape index (κ3) is 4.19. The van der Waals surface area contributed by atoms with E-state index in [1.54, 1.807) is 11.0 Å². The van der Waals surface area contributed by atoms with Gasteiger partial charge in [0.05, 0.1) is 6.04 Å². The molecule has 0 saturated carbocycles. The summed E-state index contributed by atoms with van der Waals surface area (Å²) in [4.78, 5) is 24.6. The largest absolute Gasteiger partial charge is 0.353 e. The van der Waals surface area contributed by atoms with Gasteiger partial charge in [0.25, 0.3) is 0 Å². The van der Waals surface area contributed by atoms with Crippen LogP contribution in [0.3, 0.4) is 0 Å². The normalized spacial score (nSPS) is 18.6. The fourth-order valence-corrected chi connectivity index (χ4v) is 2.05. The molecule has 2 amide bonds. The van der Waals surface area contributed by atoms with Crippen LogP contribution in [0.25, 0.3) is 0 Å². The van der Waals surface area contributed by atoms with Crippen molar-refractivity contribution >= 4 is 11.8 Å². The highest BCUT2D eigenvalue weighted by atomic mass is 16.2. The second-order valence-electron chi connectivity index (χ2n) is 4.43. The number of carbonyl (C=O) groups is 2. The van der Waals surface area contributed by atoms with E-state index in [4.69, 9.17) is 5.73 Å². The average molecular weight is 239 g/mol. The SMILES string of the molecule is C=CCC(N)C(=O)N1CCC(NC(C)=O)CC1. The molecule has 5 heteroatoms. The zero-order valence-electron chi connectivity index (χ0n) is 10.3. The van der Waals surface area contributed by atoms with Crippen LogP contribution in [0.2, 0.25) is 0 Å². The molecule has 1 atom stereocenters. The van der Waals surface area contributed by atoms with Crippen molar-refractivity contribution in [2.24, 2.45) is 5.73 Å². The summed E-state index contributed by atoms with van der Waals surface area (Å²) in [5.74, 6) is -0.0377. The Morgan fingerprint density at radius 2 is 2.12 bits per heavy atom. The molecule has 1 fully saturated rings. The molecule has 96 valence electrons. The van der Waals surface area contributed by atoms with E-state index in [0.717, 1.165) is 12.8 Å². The second-order valence-corrected chi connectivity index (χ2v) is 4.43. The summed E-state index contributed by atoms with van der Waals surface area (Å²) in [6, 6.07) is -0.294. The molecule has 1 aliphatic heterocycles. The van der Waals surface area contributed by atoms with Gasteiger partial charge in [0.15, 0.2) is 0 Å². The summed E-state index contributed by atoms with van der Waals surface area (Å²) in [6.45, 7) is 6.41. The third-order valence-electron chi connectivity index (χ3n) is 2.95. The molecule has 0 spiro atoms. The fourth-order valence-electron chi connectivity index (χ4n) is 2.05. The Morgan fingerprint density at radius 3 is 2.59 bits per heavy atom. The van der Waals surface area contributed by atoms with Gasteiger partial charge in [-0.2, -0.15) is 0 Å². The average Bonchev–Trinajstić information content (AvgIpc) is 2.28. The maximum absolute atomic E-state index is 11.9. The van der Waals surface area contributed by atoms with E-state index in [2.05, 4.69) is 11.9 Å². The van der Waals surface area contributed by atoms with Crippen LogP contribution in [0.15, 0.2) is 12.7 Å². The van der Waals surface area contributed by atoms with Crippen LogP contribution in [0.4, 0.5) is 0 Å². The minimum absolute atomic E-state index is 0.0156. The minimum atomic E-state index is -0.482. The zero-order chi connectivity index (χ0) is 12.8. The van der Waals surface area contributed by atoms with Crippen molar-refractivity contribution in [1.29, 1.82) is 0 Å². The molecule has 5 nitrogen and oxygen atoms in total. The van der Waals surface area contributed by atoms with Crippen LogP contribution in [-0.2, 0) is 9.59 Å². The van der Waals surface area contributed by atoms with Crippen LogP contribution in [0.1, 0.15) is 26.2 Å². The smallest absolute Gasteiger partial charge is 0.239 e. The minimum Gasteiger partial charge on any atom is -0.353 e. The van der Waals surface area contributed by atoms with Gasteiger partial charge in [-0.1, -0.05) is 6.08 Å². The molecule has 1 saturated heterocycles. The third-order valence-corrected chi connectivity index (χ3v) is 2.95. The van der Waals surface area contributed by atoms with Crippen molar-refractivity contribution in [2.45, 2.75) is 38.3 Å². The molecule has 1 heterocycles. The molecule has 0 aromatic rings. The number of hydrogen-bond donors (Lipinski definition) is 2. The molecule has 0 bridgehead atoms. The predicted octanol–water partition coefficient (Wildman–Crippen LogP) is 0.0169. The van der Waals surface area contributed by atoms with Gasteiger partial charge in [-0.15, -0.1) is 6.58 Å². The monoisotopic (exact) mass is 239 g/mol. The Balaban J connectivity index is 2.38. The highest BCUT2D eigenvalue weighted by Gasteiger charge is 2.25. The van der Waals surface area contributed by atoms with Crippen molar-refractivity contribution in [1.82, 2.24) is 10.2 Å². The van der Waals surface area contributed by atoms with Crippen molar-refractivity contribution in [3.05, 3.63) is 12.7 Å². The number of amides is 2. The van der Waals surface area contributed by atoms with E-state index in [-0.39, 0.29) is 17.9 Å². The van der Waals surface area contributed by atoms with Crippen molar-refractivity contribution < 1.29 is 9.59 Å². The molecular weight excluding hydrogens is 218 g/mol. The quantitative estimate of drug-likeness (QED) is 0.679. The molecule has 0 aromatic heterocycles. The van der Waals surface area contributed by atoms with Crippen LogP contribution in [-0.4, -0.2) is 41.9 Å². The highest BCUT2D eigenvalue weighted by Crippen LogP contribution is 2.11. The molecule has 17 heavy (non-hydrogen) atoms. The zero-order valence-corrected chi connectivity index (χ0v) is 10.3. The highest BCUT2D eigenvalue weighted by molar-refractivity contribution is 5.82. The van der Waals surface area contributed by atoms with E-state index < -0.39 is 6.04 Å². The Bertz CT molecular complexity index is 296. The van der Waals surface area contributed by atoms with Crippen LogP contribution in [0, 0.1) is 0 Å². The van der Waals surface area contributed by atoms with Crippen LogP contribution in [0.5, 0.6) is 0 Å². The lowest BCUT2D eigenvalue weighted by atomic mass is 10.0. The topological polar surface area (TPSA) is 75.4 Å². The molecule has 0 aliphatic carbocycles. The van der Waals surface area contributed by atoms with Gasteiger partial charge in [0, 0.05) is 26.1 Å². The Labute approximate surface area is 102 Å². The summed E-state index contributed by atoms with van der Waals surface area (Å²) in [7, 11) is 0. The first kappa shape index (κ1) is 13.7. The number of nitrogens with one attached hydrogen (secondary N) is 1. The lowest BCUT2D eigenvalue weighted by Gasteiger charge is -2.33. The van der Waals surface area contributed by atoms with E-state index in [1.807, 2.05) is 0 Å². The Hall–Kier alpha value is -1.36. The van der Waals surface area contributed by atoms with Gasteiger partial charge in [-0.25, -0.2) is 0 Å². The van der Waals surface area contributed by atoms with Crippen LogP contribution < -0.4 is 11.1 Å². The first-order chi connectivity index (χ1) is 8.04. The first-order valence-corrected chi connectivity index (χ1v) is 5.97. The van der Waals surface area contributed by atoms with Crippen molar-refractivity contribution in [3.63, 3.8) is 0 Å². The molecule has 1 rings (SSSR count). The molecule has 1 unspecified atom stereocenters. The lowest BCUT2D eigenvalue weighted by molar-refractivity contribution is -0.133. The summed E-state index contributed by atoms with van der Waals surface area (Å²) in [5.41, 5.74) is 5.74. The molecular formula is C12H21N3O2.